The molecule has 1 aromatic carbocycles. The van der Waals surface area contributed by atoms with Crippen molar-refractivity contribution >= 4 is 17.8 Å². The molecule has 170 valence electrons. The van der Waals surface area contributed by atoms with Gasteiger partial charge in [0.15, 0.2) is 5.72 Å². The quantitative estimate of drug-likeness (QED) is 0.695. The zero-order valence-electron chi connectivity index (χ0n) is 18.2. The first-order valence-corrected chi connectivity index (χ1v) is 10.7. The molecule has 4 rings (SSSR count). The predicted octanol–water partition coefficient (Wildman–Crippen LogP) is 1.68. The van der Waals surface area contributed by atoms with Crippen LogP contribution in [0.2, 0.25) is 0 Å². The summed E-state index contributed by atoms with van der Waals surface area (Å²) in [7, 11) is 1.47. The number of primary amides is 1. The number of methoxy groups -OCH3 is 1. The summed E-state index contributed by atoms with van der Waals surface area (Å²) < 4.78 is 18.9. The van der Waals surface area contributed by atoms with Crippen LogP contribution in [0.4, 0.5) is 10.1 Å². The van der Waals surface area contributed by atoms with Crippen molar-refractivity contribution in [3.8, 4) is 6.07 Å². The highest BCUT2D eigenvalue weighted by Crippen LogP contribution is 2.39. The van der Waals surface area contributed by atoms with E-state index in [0.717, 1.165) is 31.0 Å². The van der Waals surface area contributed by atoms with Gasteiger partial charge >= 0.3 is 0 Å². The Bertz CT molecular complexity index is 1110. The van der Waals surface area contributed by atoms with Gasteiger partial charge in [0.1, 0.15) is 17.8 Å². The van der Waals surface area contributed by atoms with E-state index in [-0.39, 0.29) is 17.4 Å². The highest BCUT2D eigenvalue weighted by molar-refractivity contribution is 5.90. The van der Waals surface area contributed by atoms with Crippen LogP contribution < -0.4 is 16.0 Å². The molecular weight excluding hydrogens is 423 g/mol. The van der Waals surface area contributed by atoms with E-state index in [0.29, 0.717) is 12.0 Å². The summed E-state index contributed by atoms with van der Waals surface area (Å²) in [6.07, 6.45) is 4.81. The second-order valence-electron chi connectivity index (χ2n) is 8.04. The number of benzene rings is 1. The maximum absolute atomic E-state index is 13.2. The Labute approximate surface area is 191 Å². The molecule has 2 aliphatic heterocycles. The van der Waals surface area contributed by atoms with Crippen LogP contribution in [0.5, 0.6) is 0 Å². The third kappa shape index (κ3) is 4.49. The lowest BCUT2D eigenvalue weighted by atomic mass is 9.85. The van der Waals surface area contributed by atoms with E-state index < -0.39 is 17.6 Å². The molecule has 0 radical (unpaired) electrons. The molecule has 2 aliphatic rings. The number of piperazine rings is 1. The number of carbonyl (C=O) groups is 1. The monoisotopic (exact) mass is 448 g/mol. The highest BCUT2D eigenvalue weighted by atomic mass is 19.1. The fraction of sp³-hybridized carbons (Fsp3) is 0.333. The number of nitriles is 1. The fourth-order valence-corrected chi connectivity index (χ4v) is 4.42. The van der Waals surface area contributed by atoms with Crippen molar-refractivity contribution in [2.24, 2.45) is 16.6 Å². The molecule has 1 aromatic heterocycles. The average molecular weight is 449 g/mol. The lowest BCUT2D eigenvalue weighted by Gasteiger charge is -2.39. The summed E-state index contributed by atoms with van der Waals surface area (Å²) in [4.78, 5) is 23.1. The Morgan fingerprint density at radius 1 is 1.36 bits per heavy atom. The van der Waals surface area contributed by atoms with Crippen LogP contribution in [-0.2, 0) is 21.7 Å². The van der Waals surface area contributed by atoms with Gasteiger partial charge in [-0.15, -0.1) is 0 Å². The Balaban J connectivity index is 1.60. The molecule has 0 bridgehead atoms. The third-order valence-corrected chi connectivity index (χ3v) is 6.11. The number of anilines is 1. The summed E-state index contributed by atoms with van der Waals surface area (Å²) in [5.74, 6) is -1.89. The van der Waals surface area contributed by atoms with Gasteiger partial charge in [-0.1, -0.05) is 12.1 Å². The summed E-state index contributed by atoms with van der Waals surface area (Å²) in [6, 6.07) is 12.9. The predicted molar refractivity (Wildman–Crippen MR) is 122 cm³/mol. The lowest BCUT2D eigenvalue weighted by molar-refractivity contribution is -0.131. The largest absolute Gasteiger partial charge is 0.369 e. The van der Waals surface area contributed by atoms with Crippen molar-refractivity contribution in [1.29, 1.82) is 5.26 Å². The Morgan fingerprint density at radius 3 is 2.79 bits per heavy atom. The number of halogens is 1. The van der Waals surface area contributed by atoms with E-state index in [1.807, 2.05) is 30.3 Å². The Morgan fingerprint density at radius 2 is 2.15 bits per heavy atom. The van der Waals surface area contributed by atoms with Crippen molar-refractivity contribution in [2.45, 2.75) is 18.2 Å². The van der Waals surface area contributed by atoms with Gasteiger partial charge in [0.2, 0.25) is 5.91 Å². The molecule has 9 heteroatoms. The van der Waals surface area contributed by atoms with Crippen molar-refractivity contribution in [2.75, 3.05) is 31.6 Å². The van der Waals surface area contributed by atoms with Crippen molar-refractivity contribution in [1.82, 2.24) is 10.3 Å². The first kappa shape index (κ1) is 22.6. The van der Waals surface area contributed by atoms with Gasteiger partial charge in [-0.3, -0.25) is 14.8 Å². The molecular formula is C24H25FN6O2. The second kappa shape index (κ2) is 9.48. The number of pyridine rings is 1. The number of aliphatic imine (C=N–C) groups is 1. The van der Waals surface area contributed by atoms with Crippen LogP contribution in [0, 0.1) is 23.1 Å². The minimum atomic E-state index is -1.33. The number of allylic oxidation sites excluding steroid dienone is 1. The van der Waals surface area contributed by atoms with Gasteiger partial charge in [-0.05, 0) is 30.3 Å². The summed E-state index contributed by atoms with van der Waals surface area (Å²) >= 11 is 0. The number of nitrogens with two attached hydrogens (primary N) is 1. The van der Waals surface area contributed by atoms with Crippen LogP contribution in [0.25, 0.3) is 0 Å². The van der Waals surface area contributed by atoms with Crippen LogP contribution in [-0.4, -0.2) is 49.9 Å². The summed E-state index contributed by atoms with van der Waals surface area (Å²) in [5.41, 5.74) is 7.05. The normalized spacial score (nSPS) is 24.8. The molecule has 0 aliphatic carbocycles. The first-order chi connectivity index (χ1) is 16.0. The highest BCUT2D eigenvalue weighted by Gasteiger charge is 2.44. The van der Waals surface area contributed by atoms with Gasteiger partial charge in [-0.2, -0.15) is 5.26 Å². The topological polar surface area (TPSA) is 117 Å². The number of carbonyl (C=O) groups excluding carboxylic acids is 1. The van der Waals surface area contributed by atoms with Gasteiger partial charge in [0, 0.05) is 62.4 Å². The van der Waals surface area contributed by atoms with Gasteiger partial charge in [-0.25, -0.2) is 4.39 Å². The molecule has 3 heterocycles. The first-order valence-electron chi connectivity index (χ1n) is 10.7. The molecule has 8 nitrogen and oxygen atoms in total. The molecule has 3 unspecified atom stereocenters. The van der Waals surface area contributed by atoms with E-state index >= 15 is 0 Å². The average Bonchev–Trinajstić information content (AvgIpc) is 2.85. The Hall–Kier alpha value is -3.61. The lowest BCUT2D eigenvalue weighted by Crippen LogP contribution is -2.52. The van der Waals surface area contributed by atoms with Crippen LogP contribution in [0.15, 0.2) is 59.2 Å². The van der Waals surface area contributed by atoms with E-state index in [2.05, 4.69) is 20.2 Å². The van der Waals surface area contributed by atoms with Crippen LogP contribution in [0.3, 0.4) is 0 Å². The SMILES string of the molecule is COC1(c2ccc(N3CCNCC3Cc3ccc(F)cn3)cc2)N=CC(C#N)=CC1C(N)=O. The smallest absolute Gasteiger partial charge is 0.229 e. The number of hydrogen-bond acceptors (Lipinski definition) is 7. The summed E-state index contributed by atoms with van der Waals surface area (Å²) in [6.45, 7) is 2.42. The minimum Gasteiger partial charge on any atom is -0.369 e. The number of nitrogens with zero attached hydrogens (tertiary/aromatic N) is 4. The molecule has 1 saturated heterocycles. The van der Waals surface area contributed by atoms with Crippen molar-refractivity contribution < 1.29 is 13.9 Å². The molecule has 0 saturated carbocycles. The number of nitrogens with one attached hydrogen (secondary N) is 1. The minimum absolute atomic E-state index is 0.145. The van der Waals surface area contributed by atoms with Crippen LogP contribution in [0.1, 0.15) is 11.3 Å². The maximum atomic E-state index is 13.2. The van der Waals surface area contributed by atoms with Gasteiger partial charge in [0.25, 0.3) is 0 Å². The van der Waals surface area contributed by atoms with E-state index in [1.54, 1.807) is 6.07 Å². The van der Waals surface area contributed by atoms with Gasteiger partial charge < -0.3 is 20.7 Å². The zero-order valence-corrected chi connectivity index (χ0v) is 18.2. The fourth-order valence-electron chi connectivity index (χ4n) is 4.42. The molecule has 1 amide bonds. The maximum Gasteiger partial charge on any atom is 0.229 e. The number of dihydropyridines is 1. The standard InChI is InChI=1S/C24H25FN6O2/c1-33-24(22(23(27)32)10-16(12-26)13-30-24)17-2-6-20(7-3-17)31-9-8-28-15-21(31)11-19-5-4-18(25)14-29-19/h2-7,10,13-14,21-22,28H,8-9,11,15H2,1H3,(H2,27,32). The molecule has 2 aromatic rings. The van der Waals surface area contributed by atoms with E-state index in [4.69, 9.17) is 10.5 Å². The molecule has 3 N–H and O–H groups in total. The third-order valence-electron chi connectivity index (χ3n) is 6.11. The number of ether oxygens (including phenoxy) is 1. The van der Waals surface area contributed by atoms with E-state index in [1.165, 1.54) is 31.7 Å². The second-order valence-corrected chi connectivity index (χ2v) is 8.04. The number of amides is 1. The van der Waals surface area contributed by atoms with E-state index in [9.17, 15) is 14.4 Å². The number of rotatable bonds is 6. The molecule has 3 atom stereocenters. The molecule has 33 heavy (non-hydrogen) atoms. The zero-order chi connectivity index (χ0) is 23.4. The number of aromatic nitrogens is 1. The number of hydrogen-bond donors (Lipinski definition) is 2. The Kier molecular flexibility index (Phi) is 6.49. The summed E-state index contributed by atoms with van der Waals surface area (Å²) in [5, 5.41) is 12.6. The van der Waals surface area contributed by atoms with Gasteiger partial charge in [0.05, 0.1) is 11.8 Å². The molecule has 0 spiro atoms. The van der Waals surface area contributed by atoms with Crippen molar-refractivity contribution in [3.05, 3.63) is 71.3 Å². The molecule has 1 fully saturated rings. The van der Waals surface area contributed by atoms with Crippen LogP contribution >= 0.6 is 0 Å². The van der Waals surface area contributed by atoms with Crippen molar-refractivity contribution in [3.63, 3.8) is 0 Å².